The van der Waals surface area contributed by atoms with E-state index in [4.69, 9.17) is 9.47 Å². The summed E-state index contributed by atoms with van der Waals surface area (Å²) in [6, 6.07) is 10.8. The minimum absolute atomic E-state index is 0.376. The summed E-state index contributed by atoms with van der Waals surface area (Å²) in [6.07, 6.45) is 4.63. The molecule has 2 aliphatic rings. The van der Waals surface area contributed by atoms with Gasteiger partial charge in [-0.05, 0) is 44.4 Å². The molecule has 7 nitrogen and oxygen atoms in total. The van der Waals surface area contributed by atoms with Crippen molar-refractivity contribution in [1.82, 2.24) is 15.1 Å². The lowest BCUT2D eigenvalue weighted by atomic mass is 10.1. The van der Waals surface area contributed by atoms with Crippen molar-refractivity contribution in [2.24, 2.45) is 4.99 Å². The summed E-state index contributed by atoms with van der Waals surface area (Å²) in [4.78, 5) is 11.9. The van der Waals surface area contributed by atoms with E-state index in [1.807, 2.05) is 7.05 Å². The minimum Gasteiger partial charge on any atom is -0.385 e. The van der Waals surface area contributed by atoms with Crippen LogP contribution in [0.25, 0.3) is 0 Å². The lowest BCUT2D eigenvalue weighted by Gasteiger charge is -2.36. The lowest BCUT2D eigenvalue weighted by Crippen LogP contribution is -2.48. The molecule has 0 saturated carbocycles. The molecule has 0 aromatic heterocycles. The average Bonchev–Trinajstić information content (AvgIpc) is 2.83. The summed E-state index contributed by atoms with van der Waals surface area (Å²) in [5.74, 6) is 1.03. The molecule has 0 amide bonds. The van der Waals surface area contributed by atoms with Gasteiger partial charge in [0.15, 0.2) is 5.96 Å². The summed E-state index contributed by atoms with van der Waals surface area (Å²) in [5.41, 5.74) is 1.34. The summed E-state index contributed by atoms with van der Waals surface area (Å²) >= 11 is 0. The Balaban J connectivity index is 1.26. The maximum atomic E-state index is 5.97. The van der Waals surface area contributed by atoms with Gasteiger partial charge in [0.25, 0.3) is 0 Å². The number of nitrogens with one attached hydrogen (secondary N) is 1. The van der Waals surface area contributed by atoms with E-state index in [0.717, 1.165) is 97.2 Å². The first-order chi connectivity index (χ1) is 15.3. The number of methoxy groups -OCH3 is 1. The molecule has 1 N–H and O–H groups in total. The first-order valence-corrected chi connectivity index (χ1v) is 11.9. The standard InChI is InChI=1S/C24H41N5O2/c1-25-24(29-14-10-23(11-15-29)31-21-7-20-30-2)26-12-6-13-27-16-18-28(19-17-27)22-8-4-3-5-9-22/h3-5,8-9,23H,6-7,10-21H2,1-2H3,(H,25,26). The largest absolute Gasteiger partial charge is 0.385 e. The zero-order valence-corrected chi connectivity index (χ0v) is 19.5. The second-order valence-corrected chi connectivity index (χ2v) is 8.40. The third-order valence-corrected chi connectivity index (χ3v) is 6.23. The van der Waals surface area contributed by atoms with Crippen molar-refractivity contribution >= 4 is 11.6 Å². The van der Waals surface area contributed by atoms with Crippen LogP contribution in [0, 0.1) is 0 Å². The van der Waals surface area contributed by atoms with E-state index in [2.05, 4.69) is 55.3 Å². The molecule has 7 heteroatoms. The Morgan fingerprint density at radius 1 is 1.00 bits per heavy atom. The van der Waals surface area contributed by atoms with Gasteiger partial charge in [-0.1, -0.05) is 18.2 Å². The SMILES string of the molecule is CN=C(NCCCN1CCN(c2ccccc2)CC1)N1CCC(OCCCOC)CC1. The van der Waals surface area contributed by atoms with Crippen LogP contribution >= 0.6 is 0 Å². The summed E-state index contributed by atoms with van der Waals surface area (Å²) in [6.45, 7) is 10.2. The van der Waals surface area contributed by atoms with Crippen LogP contribution in [0.2, 0.25) is 0 Å². The molecule has 0 unspecified atom stereocenters. The second-order valence-electron chi connectivity index (χ2n) is 8.40. The fraction of sp³-hybridized carbons (Fsp3) is 0.708. The summed E-state index contributed by atoms with van der Waals surface area (Å²) in [5, 5.41) is 3.57. The van der Waals surface area contributed by atoms with E-state index in [0.29, 0.717) is 6.10 Å². The molecule has 1 aromatic rings. The number of para-hydroxylation sites is 1. The minimum atomic E-state index is 0.376. The number of guanidine groups is 1. The van der Waals surface area contributed by atoms with Gasteiger partial charge in [0.1, 0.15) is 0 Å². The molecule has 2 saturated heterocycles. The number of rotatable bonds is 10. The predicted octanol–water partition coefficient (Wildman–Crippen LogP) is 2.29. The smallest absolute Gasteiger partial charge is 0.193 e. The quantitative estimate of drug-likeness (QED) is 0.349. The Bertz CT molecular complexity index is 626. The summed E-state index contributed by atoms with van der Waals surface area (Å²) < 4.78 is 11.1. The fourth-order valence-corrected chi connectivity index (χ4v) is 4.39. The number of anilines is 1. The highest BCUT2D eigenvalue weighted by atomic mass is 16.5. The third kappa shape index (κ3) is 7.98. The number of nitrogens with zero attached hydrogens (tertiary/aromatic N) is 4. The van der Waals surface area contributed by atoms with E-state index in [1.54, 1.807) is 7.11 Å². The highest BCUT2D eigenvalue weighted by Crippen LogP contribution is 2.16. The zero-order valence-electron chi connectivity index (χ0n) is 19.5. The predicted molar refractivity (Wildman–Crippen MR) is 128 cm³/mol. The van der Waals surface area contributed by atoms with Crippen molar-refractivity contribution in [3.05, 3.63) is 30.3 Å². The fourth-order valence-electron chi connectivity index (χ4n) is 4.39. The number of hydrogen-bond donors (Lipinski definition) is 1. The van der Waals surface area contributed by atoms with E-state index in [-0.39, 0.29) is 0 Å². The molecular weight excluding hydrogens is 390 g/mol. The second kappa shape index (κ2) is 13.6. The molecule has 2 aliphatic heterocycles. The Morgan fingerprint density at radius 2 is 1.74 bits per heavy atom. The van der Waals surface area contributed by atoms with E-state index < -0.39 is 0 Å². The first kappa shape index (κ1) is 23.8. The van der Waals surface area contributed by atoms with Crippen LogP contribution in [0.15, 0.2) is 35.3 Å². The maximum absolute atomic E-state index is 5.97. The third-order valence-electron chi connectivity index (χ3n) is 6.23. The van der Waals surface area contributed by atoms with Crippen molar-refractivity contribution < 1.29 is 9.47 Å². The molecule has 0 bridgehead atoms. The number of hydrogen-bond acceptors (Lipinski definition) is 5. The van der Waals surface area contributed by atoms with E-state index in [1.165, 1.54) is 5.69 Å². The van der Waals surface area contributed by atoms with Crippen molar-refractivity contribution in [3.8, 4) is 0 Å². The van der Waals surface area contributed by atoms with E-state index >= 15 is 0 Å². The number of aliphatic imine (C=N–C) groups is 1. The van der Waals surface area contributed by atoms with Crippen molar-refractivity contribution in [2.75, 3.05) is 84.6 Å². The first-order valence-electron chi connectivity index (χ1n) is 11.9. The van der Waals surface area contributed by atoms with Crippen LogP contribution in [0.4, 0.5) is 5.69 Å². The molecule has 0 atom stereocenters. The number of piperazine rings is 1. The molecule has 2 fully saturated rings. The Hall–Kier alpha value is -1.83. The van der Waals surface area contributed by atoms with Gasteiger partial charge in [0, 0.05) is 78.9 Å². The maximum Gasteiger partial charge on any atom is 0.193 e. The van der Waals surface area contributed by atoms with Crippen LogP contribution in [0.1, 0.15) is 25.7 Å². The van der Waals surface area contributed by atoms with E-state index in [9.17, 15) is 0 Å². The van der Waals surface area contributed by atoms with Crippen LogP contribution in [0.3, 0.4) is 0 Å². The number of benzene rings is 1. The number of ether oxygens (including phenoxy) is 2. The van der Waals surface area contributed by atoms with Gasteiger partial charge in [-0.3, -0.25) is 9.89 Å². The molecule has 1 aromatic carbocycles. The van der Waals surface area contributed by atoms with Crippen LogP contribution in [-0.2, 0) is 9.47 Å². The average molecular weight is 432 g/mol. The summed E-state index contributed by atoms with van der Waals surface area (Å²) in [7, 11) is 3.63. The Kier molecular flexibility index (Phi) is 10.4. The van der Waals surface area contributed by atoms with Crippen molar-refractivity contribution in [1.29, 1.82) is 0 Å². The van der Waals surface area contributed by atoms with Crippen molar-refractivity contribution in [2.45, 2.75) is 31.8 Å². The molecule has 174 valence electrons. The Labute approximate surface area is 188 Å². The highest BCUT2D eigenvalue weighted by Gasteiger charge is 2.22. The molecule has 0 aliphatic carbocycles. The normalized spacial score (nSPS) is 19.1. The lowest BCUT2D eigenvalue weighted by molar-refractivity contribution is 0.00991. The molecule has 31 heavy (non-hydrogen) atoms. The number of likely N-dealkylation sites (tertiary alicyclic amines) is 1. The van der Waals surface area contributed by atoms with Crippen LogP contribution < -0.4 is 10.2 Å². The number of piperidine rings is 1. The van der Waals surface area contributed by atoms with Crippen LogP contribution in [0.5, 0.6) is 0 Å². The highest BCUT2D eigenvalue weighted by molar-refractivity contribution is 5.79. The van der Waals surface area contributed by atoms with Gasteiger partial charge in [-0.2, -0.15) is 0 Å². The molecule has 0 spiro atoms. The topological polar surface area (TPSA) is 52.6 Å². The van der Waals surface area contributed by atoms with Gasteiger partial charge >= 0.3 is 0 Å². The van der Waals surface area contributed by atoms with Gasteiger partial charge in [0.2, 0.25) is 0 Å². The van der Waals surface area contributed by atoms with Crippen molar-refractivity contribution in [3.63, 3.8) is 0 Å². The van der Waals surface area contributed by atoms with Crippen LogP contribution in [-0.4, -0.2) is 102 Å². The molecular formula is C24H41N5O2. The Morgan fingerprint density at radius 3 is 2.42 bits per heavy atom. The molecule has 2 heterocycles. The van der Waals surface area contributed by atoms with Gasteiger partial charge in [-0.25, -0.2) is 0 Å². The van der Waals surface area contributed by atoms with Gasteiger partial charge < -0.3 is 24.6 Å². The molecule has 3 rings (SSSR count). The van der Waals surface area contributed by atoms with Gasteiger partial charge in [-0.15, -0.1) is 0 Å². The monoisotopic (exact) mass is 431 g/mol. The van der Waals surface area contributed by atoms with Gasteiger partial charge in [0.05, 0.1) is 6.10 Å². The zero-order chi connectivity index (χ0) is 21.7. The molecule has 0 radical (unpaired) electrons.